The second-order valence-electron chi connectivity index (χ2n) is 8.03. The minimum absolute atomic E-state index is 0.128. The summed E-state index contributed by atoms with van der Waals surface area (Å²) in [5.41, 5.74) is 3.64. The zero-order valence-corrected chi connectivity index (χ0v) is 18.0. The third kappa shape index (κ3) is 3.49. The molecule has 1 aliphatic heterocycles. The molecule has 0 radical (unpaired) electrons. The number of hydrogen-bond donors (Lipinski definition) is 0. The molecule has 0 fully saturated rings. The Labute approximate surface area is 187 Å². The summed E-state index contributed by atoms with van der Waals surface area (Å²) in [6, 6.07) is 8.85. The lowest BCUT2D eigenvalue weighted by molar-refractivity contribution is 0.0673. The Kier molecular flexibility index (Phi) is 5.03. The minimum atomic E-state index is -1.50. The van der Waals surface area contributed by atoms with E-state index >= 15 is 0 Å². The quantitative estimate of drug-likeness (QED) is 0.433. The second kappa shape index (κ2) is 7.91. The van der Waals surface area contributed by atoms with Crippen molar-refractivity contribution in [3.05, 3.63) is 89.4 Å². The van der Waals surface area contributed by atoms with Crippen molar-refractivity contribution in [2.75, 3.05) is 6.54 Å². The Hall–Kier alpha value is -3.88. The van der Waals surface area contributed by atoms with E-state index in [0.29, 0.717) is 29.9 Å². The van der Waals surface area contributed by atoms with E-state index in [4.69, 9.17) is 0 Å². The first-order chi connectivity index (χ1) is 15.8. The summed E-state index contributed by atoms with van der Waals surface area (Å²) in [5, 5.41) is 4.54. The largest absolute Gasteiger partial charge is 0.330 e. The number of halogens is 3. The van der Waals surface area contributed by atoms with E-state index in [1.54, 1.807) is 36.6 Å². The summed E-state index contributed by atoms with van der Waals surface area (Å²) >= 11 is 0. The third-order valence-corrected chi connectivity index (χ3v) is 6.08. The first-order valence-electron chi connectivity index (χ1n) is 10.4. The number of fused-ring (bicyclic) bond motifs is 1. The van der Waals surface area contributed by atoms with Crippen LogP contribution in [0.3, 0.4) is 0 Å². The fraction of sp³-hybridized carbons (Fsp3) is 0.208. The molecule has 168 valence electrons. The van der Waals surface area contributed by atoms with Gasteiger partial charge in [-0.25, -0.2) is 18.2 Å². The Morgan fingerprint density at radius 1 is 1.09 bits per heavy atom. The topological polar surface area (TPSA) is 56.0 Å². The van der Waals surface area contributed by atoms with Crippen molar-refractivity contribution in [2.24, 2.45) is 7.05 Å². The van der Waals surface area contributed by atoms with Crippen molar-refractivity contribution in [3.63, 3.8) is 0 Å². The zero-order chi connectivity index (χ0) is 23.3. The van der Waals surface area contributed by atoms with Gasteiger partial charge in [-0.3, -0.25) is 9.48 Å². The van der Waals surface area contributed by atoms with Crippen LogP contribution in [0.5, 0.6) is 0 Å². The van der Waals surface area contributed by atoms with Crippen molar-refractivity contribution >= 4 is 5.91 Å². The van der Waals surface area contributed by atoms with Crippen LogP contribution in [0.2, 0.25) is 0 Å². The molecule has 0 aliphatic carbocycles. The number of nitrogens with zero attached hydrogens (tertiary/aromatic N) is 5. The Balaban J connectivity index is 1.44. The maximum atomic E-state index is 13.8. The molecule has 1 aliphatic rings. The first-order valence-corrected chi connectivity index (χ1v) is 10.4. The van der Waals surface area contributed by atoms with Crippen LogP contribution in [0.1, 0.15) is 34.6 Å². The molecule has 0 bridgehead atoms. The smallest absolute Gasteiger partial charge is 0.254 e. The maximum absolute atomic E-state index is 13.8. The summed E-state index contributed by atoms with van der Waals surface area (Å²) in [4.78, 5) is 19.0. The average Bonchev–Trinajstić information content (AvgIpc) is 3.45. The number of amides is 1. The highest BCUT2D eigenvalue weighted by Gasteiger charge is 2.33. The number of aromatic nitrogens is 4. The summed E-state index contributed by atoms with van der Waals surface area (Å²) in [5.74, 6) is -4.13. The predicted octanol–water partition coefficient (Wildman–Crippen LogP) is 4.45. The lowest BCUT2D eigenvalue weighted by Gasteiger charge is -2.33. The molecule has 0 N–H and O–H groups in total. The van der Waals surface area contributed by atoms with Crippen LogP contribution < -0.4 is 0 Å². The van der Waals surface area contributed by atoms with Crippen molar-refractivity contribution < 1.29 is 18.0 Å². The van der Waals surface area contributed by atoms with Gasteiger partial charge in [0.15, 0.2) is 17.5 Å². The van der Waals surface area contributed by atoms with Gasteiger partial charge in [0.2, 0.25) is 0 Å². The molecule has 2 aromatic carbocycles. The second-order valence-corrected chi connectivity index (χ2v) is 8.03. The molecule has 4 aromatic rings. The standard InChI is InChI=1S/C24H20F3N5O/c1-14-22-18(23(30(2)29-22)16-11-19(25)21(27)20(26)12-16)7-9-32(14)24(33)15-3-5-17(6-4-15)31-10-8-28-13-31/h3-6,8,10-14H,7,9H2,1-2H3/t14-/m0/s1. The normalized spacial score (nSPS) is 15.5. The molecule has 0 saturated heterocycles. The van der Waals surface area contributed by atoms with Gasteiger partial charge >= 0.3 is 0 Å². The molecular weight excluding hydrogens is 431 g/mol. The van der Waals surface area contributed by atoms with E-state index in [1.165, 1.54) is 4.68 Å². The van der Waals surface area contributed by atoms with Crippen LogP contribution in [0.4, 0.5) is 13.2 Å². The maximum Gasteiger partial charge on any atom is 0.254 e. The highest BCUT2D eigenvalue weighted by atomic mass is 19.2. The Morgan fingerprint density at radius 2 is 1.79 bits per heavy atom. The van der Waals surface area contributed by atoms with E-state index in [1.807, 2.05) is 29.8 Å². The van der Waals surface area contributed by atoms with E-state index in [9.17, 15) is 18.0 Å². The zero-order valence-electron chi connectivity index (χ0n) is 18.0. The fourth-order valence-electron chi connectivity index (χ4n) is 4.43. The first kappa shape index (κ1) is 21.0. The number of imidazole rings is 1. The van der Waals surface area contributed by atoms with Gasteiger partial charge in [0, 0.05) is 48.4 Å². The van der Waals surface area contributed by atoms with Gasteiger partial charge in [-0.1, -0.05) is 0 Å². The van der Waals surface area contributed by atoms with E-state index in [-0.39, 0.29) is 17.5 Å². The monoisotopic (exact) mass is 451 g/mol. The molecule has 0 spiro atoms. The van der Waals surface area contributed by atoms with Crippen LogP contribution in [-0.2, 0) is 13.5 Å². The predicted molar refractivity (Wildman–Crippen MR) is 115 cm³/mol. The number of rotatable bonds is 3. The molecule has 33 heavy (non-hydrogen) atoms. The van der Waals surface area contributed by atoms with Crippen molar-refractivity contribution in [2.45, 2.75) is 19.4 Å². The number of carbonyl (C=O) groups is 1. The third-order valence-electron chi connectivity index (χ3n) is 6.08. The molecule has 0 saturated carbocycles. The fourth-order valence-corrected chi connectivity index (χ4v) is 4.43. The average molecular weight is 451 g/mol. The van der Waals surface area contributed by atoms with Crippen LogP contribution in [0, 0.1) is 17.5 Å². The summed E-state index contributed by atoms with van der Waals surface area (Å²) in [6.07, 6.45) is 5.65. The number of hydrogen-bond acceptors (Lipinski definition) is 3. The van der Waals surface area contributed by atoms with Gasteiger partial charge < -0.3 is 9.47 Å². The molecule has 3 heterocycles. The Bertz CT molecular complexity index is 1320. The van der Waals surface area contributed by atoms with Gasteiger partial charge in [-0.2, -0.15) is 5.10 Å². The van der Waals surface area contributed by atoms with Gasteiger partial charge in [0.1, 0.15) is 0 Å². The SMILES string of the molecule is C[C@H]1c2nn(C)c(-c3cc(F)c(F)c(F)c3)c2CCN1C(=O)c1ccc(-n2ccnc2)cc1. The van der Waals surface area contributed by atoms with Crippen molar-refractivity contribution in [1.82, 2.24) is 24.2 Å². The van der Waals surface area contributed by atoms with Crippen LogP contribution in [0.25, 0.3) is 16.9 Å². The Morgan fingerprint density at radius 3 is 2.42 bits per heavy atom. The van der Waals surface area contributed by atoms with Crippen LogP contribution >= 0.6 is 0 Å². The molecule has 0 unspecified atom stereocenters. The van der Waals surface area contributed by atoms with E-state index < -0.39 is 17.5 Å². The van der Waals surface area contributed by atoms with Crippen molar-refractivity contribution in [3.8, 4) is 16.9 Å². The highest BCUT2D eigenvalue weighted by molar-refractivity contribution is 5.95. The van der Waals surface area contributed by atoms with E-state index in [2.05, 4.69) is 10.1 Å². The van der Waals surface area contributed by atoms with E-state index in [0.717, 1.165) is 23.4 Å². The minimum Gasteiger partial charge on any atom is -0.330 e. The molecule has 2 aromatic heterocycles. The number of benzene rings is 2. The van der Waals surface area contributed by atoms with Gasteiger partial charge in [0.25, 0.3) is 5.91 Å². The van der Waals surface area contributed by atoms with Crippen LogP contribution in [0.15, 0.2) is 55.1 Å². The molecule has 9 heteroatoms. The lowest BCUT2D eigenvalue weighted by atomic mass is 9.95. The van der Waals surface area contributed by atoms with Gasteiger partial charge in [0.05, 0.1) is 23.8 Å². The summed E-state index contributed by atoms with van der Waals surface area (Å²) in [7, 11) is 1.67. The highest BCUT2D eigenvalue weighted by Crippen LogP contribution is 2.36. The van der Waals surface area contributed by atoms with Gasteiger partial charge in [-0.15, -0.1) is 0 Å². The van der Waals surface area contributed by atoms with Crippen molar-refractivity contribution in [1.29, 1.82) is 0 Å². The summed E-state index contributed by atoms with van der Waals surface area (Å²) in [6.45, 7) is 2.29. The molecule has 1 atom stereocenters. The van der Waals surface area contributed by atoms with Gasteiger partial charge in [-0.05, 0) is 49.7 Å². The molecule has 6 nitrogen and oxygen atoms in total. The molecule has 1 amide bonds. The summed E-state index contributed by atoms with van der Waals surface area (Å²) < 4.78 is 44.5. The number of carbonyl (C=O) groups excluding carboxylic acids is 1. The molecule has 5 rings (SSSR count). The molecular formula is C24H20F3N5O. The van der Waals surface area contributed by atoms with Crippen LogP contribution in [-0.4, -0.2) is 36.7 Å². The lowest BCUT2D eigenvalue weighted by Crippen LogP contribution is -2.38. The number of aryl methyl sites for hydroxylation is 1.